The maximum atomic E-state index is 12.9. The molecule has 31 heavy (non-hydrogen) atoms. The number of nitrogens with one attached hydrogen (secondary N) is 1. The van der Waals surface area contributed by atoms with Gasteiger partial charge < -0.3 is 14.8 Å². The number of halogens is 1. The first-order valence-corrected chi connectivity index (χ1v) is 11.4. The van der Waals surface area contributed by atoms with Crippen molar-refractivity contribution < 1.29 is 27.5 Å². The highest BCUT2D eigenvalue weighted by atomic mass is 79.9. The lowest BCUT2D eigenvalue weighted by atomic mass is 10.2. The van der Waals surface area contributed by atoms with Gasteiger partial charge in [-0.25, -0.2) is 13.2 Å². The molecule has 1 N–H and O–H groups in total. The van der Waals surface area contributed by atoms with Crippen molar-refractivity contribution in [3.8, 4) is 6.07 Å². The van der Waals surface area contributed by atoms with E-state index in [0.717, 1.165) is 0 Å². The van der Waals surface area contributed by atoms with Gasteiger partial charge in [-0.3, -0.25) is 4.79 Å². The molecule has 0 unspecified atom stereocenters. The highest BCUT2D eigenvalue weighted by molar-refractivity contribution is 9.10. The number of morpholine rings is 1. The third-order valence-corrected chi connectivity index (χ3v) is 7.26. The Morgan fingerprint density at radius 2 is 1.94 bits per heavy atom. The van der Waals surface area contributed by atoms with E-state index in [2.05, 4.69) is 21.2 Å². The number of amides is 1. The monoisotopic (exact) mass is 507 g/mol. The van der Waals surface area contributed by atoms with E-state index in [-0.39, 0.29) is 23.5 Å². The topological polar surface area (TPSA) is 126 Å². The first-order chi connectivity index (χ1) is 14.8. The maximum absolute atomic E-state index is 12.9. The number of ether oxygens (including phenoxy) is 2. The maximum Gasteiger partial charge on any atom is 0.338 e. The summed E-state index contributed by atoms with van der Waals surface area (Å²) in [5.74, 6) is -1.44. The minimum absolute atomic E-state index is 0.00527. The van der Waals surface area contributed by atoms with Crippen LogP contribution in [0.1, 0.15) is 15.9 Å². The summed E-state index contributed by atoms with van der Waals surface area (Å²) < 4.78 is 37.6. The number of benzene rings is 2. The van der Waals surface area contributed by atoms with Gasteiger partial charge in [-0.15, -0.1) is 0 Å². The largest absolute Gasteiger partial charge is 0.452 e. The van der Waals surface area contributed by atoms with Gasteiger partial charge >= 0.3 is 5.97 Å². The molecule has 9 nitrogen and oxygen atoms in total. The lowest BCUT2D eigenvalue weighted by molar-refractivity contribution is -0.119. The van der Waals surface area contributed by atoms with E-state index < -0.39 is 28.5 Å². The quantitative estimate of drug-likeness (QED) is 0.593. The molecule has 0 aromatic heterocycles. The van der Waals surface area contributed by atoms with E-state index >= 15 is 0 Å². The number of nitriles is 1. The predicted octanol–water partition coefficient (Wildman–Crippen LogP) is 2.14. The fourth-order valence-electron chi connectivity index (χ4n) is 2.83. The number of hydrogen-bond acceptors (Lipinski definition) is 7. The molecule has 11 heteroatoms. The second-order valence-electron chi connectivity index (χ2n) is 6.48. The van der Waals surface area contributed by atoms with Crippen molar-refractivity contribution in [3.63, 3.8) is 0 Å². The Morgan fingerprint density at radius 3 is 2.65 bits per heavy atom. The van der Waals surface area contributed by atoms with Crippen LogP contribution in [0.15, 0.2) is 51.8 Å². The van der Waals surface area contributed by atoms with Crippen LogP contribution in [0.25, 0.3) is 0 Å². The molecule has 2 aromatic rings. The Labute approximate surface area is 187 Å². The Kier molecular flexibility index (Phi) is 7.40. The predicted molar refractivity (Wildman–Crippen MR) is 114 cm³/mol. The number of hydrogen-bond donors (Lipinski definition) is 1. The van der Waals surface area contributed by atoms with Crippen molar-refractivity contribution in [1.29, 1.82) is 5.26 Å². The van der Waals surface area contributed by atoms with E-state index in [4.69, 9.17) is 14.7 Å². The molecule has 1 aliphatic rings. The normalized spacial score (nSPS) is 14.5. The Balaban J connectivity index is 1.67. The van der Waals surface area contributed by atoms with Crippen LogP contribution < -0.4 is 5.32 Å². The zero-order valence-electron chi connectivity index (χ0n) is 16.2. The molecule has 0 atom stereocenters. The summed E-state index contributed by atoms with van der Waals surface area (Å²) >= 11 is 3.22. The second kappa shape index (κ2) is 10.0. The number of nitrogens with zero attached hydrogens (tertiary/aromatic N) is 2. The zero-order valence-corrected chi connectivity index (χ0v) is 18.6. The SMILES string of the molecule is N#Cc1cccc(NC(=O)COC(=O)c2ccc(Br)c(S(=O)(=O)N3CCOCC3)c2)c1. The van der Waals surface area contributed by atoms with Crippen LogP contribution in [0.4, 0.5) is 5.69 Å². The van der Waals surface area contributed by atoms with Crippen LogP contribution in [0, 0.1) is 11.3 Å². The van der Waals surface area contributed by atoms with Crippen molar-refractivity contribution >= 4 is 43.5 Å². The molecule has 1 aliphatic heterocycles. The van der Waals surface area contributed by atoms with Gasteiger partial charge in [0.2, 0.25) is 10.0 Å². The first kappa shape index (κ1) is 22.9. The smallest absolute Gasteiger partial charge is 0.338 e. The van der Waals surface area contributed by atoms with E-state index in [9.17, 15) is 18.0 Å². The summed E-state index contributed by atoms with van der Waals surface area (Å²) in [5.41, 5.74) is 0.760. The van der Waals surface area contributed by atoms with Crippen LogP contribution >= 0.6 is 15.9 Å². The number of carbonyl (C=O) groups excluding carboxylic acids is 2. The third-order valence-electron chi connectivity index (χ3n) is 4.36. The standard InChI is InChI=1S/C20H18BrN3O6S/c21-17-5-4-15(11-18(17)31(27,28)24-6-8-29-9-7-24)20(26)30-13-19(25)23-16-3-1-2-14(10-16)12-22/h1-5,10-11H,6-9,13H2,(H,23,25). The summed E-state index contributed by atoms with van der Waals surface area (Å²) in [7, 11) is -3.83. The van der Waals surface area contributed by atoms with Gasteiger partial charge in [0.15, 0.2) is 6.61 Å². The van der Waals surface area contributed by atoms with Crippen molar-refractivity contribution in [1.82, 2.24) is 4.31 Å². The molecule has 0 saturated carbocycles. The van der Waals surface area contributed by atoms with Gasteiger partial charge in [-0.2, -0.15) is 9.57 Å². The summed E-state index contributed by atoms with van der Waals surface area (Å²) in [4.78, 5) is 24.4. The molecule has 1 fully saturated rings. The van der Waals surface area contributed by atoms with Crippen LogP contribution in [0.5, 0.6) is 0 Å². The lowest BCUT2D eigenvalue weighted by Crippen LogP contribution is -2.40. The minimum Gasteiger partial charge on any atom is -0.452 e. The van der Waals surface area contributed by atoms with Crippen molar-refractivity contribution in [2.45, 2.75) is 4.90 Å². The molecule has 2 aromatic carbocycles. The summed E-state index contributed by atoms with van der Waals surface area (Å²) in [6.07, 6.45) is 0. The highest BCUT2D eigenvalue weighted by Crippen LogP contribution is 2.27. The average molecular weight is 508 g/mol. The molecule has 1 amide bonds. The fraction of sp³-hybridized carbons (Fsp3) is 0.250. The summed E-state index contributed by atoms with van der Waals surface area (Å²) in [6, 6.07) is 12.3. The van der Waals surface area contributed by atoms with Gasteiger partial charge in [-0.05, 0) is 52.3 Å². The van der Waals surface area contributed by atoms with Gasteiger partial charge in [0.05, 0.1) is 35.3 Å². The van der Waals surface area contributed by atoms with E-state index in [1.807, 2.05) is 6.07 Å². The number of carbonyl (C=O) groups is 2. The van der Waals surface area contributed by atoms with E-state index in [0.29, 0.717) is 28.9 Å². The summed E-state index contributed by atoms with van der Waals surface area (Å²) in [6.45, 7) is 0.459. The van der Waals surface area contributed by atoms with Gasteiger partial charge in [-0.1, -0.05) is 6.07 Å². The zero-order chi connectivity index (χ0) is 22.4. The first-order valence-electron chi connectivity index (χ1n) is 9.16. The minimum atomic E-state index is -3.83. The molecule has 0 radical (unpaired) electrons. The number of rotatable bonds is 6. The molecule has 0 bridgehead atoms. The Morgan fingerprint density at radius 1 is 1.19 bits per heavy atom. The third kappa shape index (κ3) is 5.68. The molecular weight excluding hydrogens is 490 g/mol. The van der Waals surface area contributed by atoms with Crippen molar-refractivity contribution in [2.75, 3.05) is 38.2 Å². The van der Waals surface area contributed by atoms with Crippen LogP contribution in [-0.4, -0.2) is 57.5 Å². The second-order valence-corrected chi connectivity index (χ2v) is 9.24. The van der Waals surface area contributed by atoms with Crippen LogP contribution in [0.2, 0.25) is 0 Å². The van der Waals surface area contributed by atoms with Gasteiger partial charge in [0.1, 0.15) is 0 Å². The lowest BCUT2D eigenvalue weighted by Gasteiger charge is -2.26. The average Bonchev–Trinajstić information content (AvgIpc) is 2.78. The van der Waals surface area contributed by atoms with Gasteiger partial charge in [0.25, 0.3) is 5.91 Å². The Bertz CT molecular complexity index is 1140. The molecule has 1 saturated heterocycles. The highest BCUT2D eigenvalue weighted by Gasteiger charge is 2.29. The van der Waals surface area contributed by atoms with Crippen LogP contribution in [-0.2, 0) is 24.3 Å². The number of esters is 1. The molecule has 1 heterocycles. The number of anilines is 1. The van der Waals surface area contributed by atoms with E-state index in [1.54, 1.807) is 18.2 Å². The number of sulfonamides is 1. The van der Waals surface area contributed by atoms with Crippen molar-refractivity contribution in [2.24, 2.45) is 0 Å². The molecular formula is C20H18BrN3O6S. The fourth-order valence-corrected chi connectivity index (χ4v) is 5.19. The van der Waals surface area contributed by atoms with Gasteiger partial charge in [0, 0.05) is 23.2 Å². The van der Waals surface area contributed by atoms with Crippen molar-refractivity contribution in [3.05, 3.63) is 58.1 Å². The molecule has 0 aliphatic carbocycles. The summed E-state index contributed by atoms with van der Waals surface area (Å²) in [5, 5.41) is 11.4. The molecule has 3 rings (SSSR count). The molecule has 0 spiro atoms. The Hall–Kier alpha value is -2.78. The molecule has 162 valence electrons. The van der Waals surface area contributed by atoms with E-state index in [1.165, 1.54) is 28.6 Å². The van der Waals surface area contributed by atoms with Crippen LogP contribution in [0.3, 0.4) is 0 Å².